The predicted octanol–water partition coefficient (Wildman–Crippen LogP) is 5.97. The fourth-order valence-electron chi connectivity index (χ4n) is 3.14. The van der Waals surface area contributed by atoms with Crippen LogP contribution in [0, 0.1) is 11.6 Å². The lowest BCUT2D eigenvalue weighted by Gasteiger charge is -2.24. The van der Waals surface area contributed by atoms with E-state index in [1.807, 2.05) is 17.1 Å². The zero-order valence-corrected chi connectivity index (χ0v) is 14.5. The molecule has 0 unspecified atom stereocenters. The molecule has 0 saturated carbocycles. The third-order valence-electron chi connectivity index (χ3n) is 4.44. The SMILES string of the molecule is Fc1ccc([C@@H]2CC(c3ccccc3F)=NN2c2ccc(Cl)cc2)cc1. The van der Waals surface area contributed by atoms with Crippen molar-refractivity contribution in [1.82, 2.24) is 0 Å². The van der Waals surface area contributed by atoms with Crippen molar-refractivity contribution in [3.8, 4) is 0 Å². The van der Waals surface area contributed by atoms with Crippen LogP contribution in [0.3, 0.4) is 0 Å². The number of hydrogen-bond acceptors (Lipinski definition) is 2. The number of hydrogen-bond donors (Lipinski definition) is 0. The van der Waals surface area contributed by atoms with Crippen LogP contribution in [0.1, 0.15) is 23.6 Å². The van der Waals surface area contributed by atoms with Gasteiger partial charge in [0.05, 0.1) is 17.4 Å². The molecule has 1 atom stereocenters. The summed E-state index contributed by atoms with van der Waals surface area (Å²) in [5.41, 5.74) is 2.90. The van der Waals surface area contributed by atoms with Crippen molar-refractivity contribution in [2.75, 3.05) is 5.01 Å². The maximum absolute atomic E-state index is 14.2. The molecule has 0 radical (unpaired) electrons. The van der Waals surface area contributed by atoms with E-state index in [1.165, 1.54) is 18.2 Å². The minimum atomic E-state index is -0.304. The van der Waals surface area contributed by atoms with Gasteiger partial charge in [0.15, 0.2) is 0 Å². The number of nitrogens with zero attached hydrogens (tertiary/aromatic N) is 2. The molecule has 3 aromatic rings. The highest BCUT2D eigenvalue weighted by Crippen LogP contribution is 2.37. The average molecular weight is 369 g/mol. The van der Waals surface area contributed by atoms with Crippen molar-refractivity contribution in [3.05, 3.63) is 101 Å². The lowest BCUT2D eigenvalue weighted by Crippen LogP contribution is -2.18. The summed E-state index contributed by atoms with van der Waals surface area (Å²) in [6, 6.07) is 20.1. The summed E-state index contributed by atoms with van der Waals surface area (Å²) in [5, 5.41) is 7.14. The Balaban J connectivity index is 1.77. The molecule has 3 aromatic carbocycles. The average Bonchev–Trinajstić information content (AvgIpc) is 3.08. The molecule has 1 aliphatic rings. The van der Waals surface area contributed by atoms with Crippen molar-refractivity contribution >= 4 is 23.0 Å². The summed E-state index contributed by atoms with van der Waals surface area (Å²) in [6.45, 7) is 0. The molecule has 0 fully saturated rings. The minimum Gasteiger partial charge on any atom is -0.257 e. The molecule has 26 heavy (non-hydrogen) atoms. The summed E-state index contributed by atoms with van der Waals surface area (Å²) in [6.07, 6.45) is 0.523. The Kier molecular flexibility index (Phi) is 4.43. The molecule has 5 heteroatoms. The lowest BCUT2D eigenvalue weighted by atomic mass is 9.98. The standard InChI is InChI=1S/C21H15ClF2N2/c22-15-7-11-17(12-8-15)26-21(14-5-9-16(23)10-6-14)13-20(25-26)18-3-1-2-4-19(18)24/h1-12,21H,13H2/t21-/m0/s1. The van der Waals surface area contributed by atoms with E-state index >= 15 is 0 Å². The van der Waals surface area contributed by atoms with E-state index in [1.54, 1.807) is 42.5 Å². The smallest absolute Gasteiger partial charge is 0.132 e. The zero-order valence-electron chi connectivity index (χ0n) is 13.7. The monoisotopic (exact) mass is 368 g/mol. The molecule has 1 heterocycles. The van der Waals surface area contributed by atoms with Crippen molar-refractivity contribution in [3.63, 3.8) is 0 Å². The van der Waals surface area contributed by atoms with Crippen LogP contribution in [0.15, 0.2) is 77.9 Å². The van der Waals surface area contributed by atoms with E-state index in [0.717, 1.165) is 11.3 Å². The summed E-state index contributed by atoms with van der Waals surface area (Å²) in [4.78, 5) is 0. The molecule has 2 nitrogen and oxygen atoms in total. The number of benzene rings is 3. The highest BCUT2D eigenvalue weighted by molar-refractivity contribution is 6.30. The van der Waals surface area contributed by atoms with Gasteiger partial charge >= 0.3 is 0 Å². The first kappa shape index (κ1) is 16.7. The van der Waals surface area contributed by atoms with Crippen molar-refractivity contribution in [1.29, 1.82) is 0 Å². The fourth-order valence-corrected chi connectivity index (χ4v) is 3.27. The topological polar surface area (TPSA) is 15.6 Å². The van der Waals surface area contributed by atoms with Gasteiger partial charge in [0.2, 0.25) is 0 Å². The largest absolute Gasteiger partial charge is 0.257 e. The normalized spacial score (nSPS) is 16.7. The van der Waals surface area contributed by atoms with E-state index < -0.39 is 0 Å². The van der Waals surface area contributed by atoms with Gasteiger partial charge in [-0.15, -0.1) is 0 Å². The quantitative estimate of drug-likeness (QED) is 0.555. The molecular weight excluding hydrogens is 354 g/mol. The Hall–Kier alpha value is -2.72. The van der Waals surface area contributed by atoms with Crippen LogP contribution in [0.4, 0.5) is 14.5 Å². The molecule has 1 aliphatic heterocycles. The second kappa shape index (κ2) is 6.89. The second-order valence-electron chi connectivity index (χ2n) is 6.12. The van der Waals surface area contributed by atoms with Crippen LogP contribution >= 0.6 is 11.6 Å². The van der Waals surface area contributed by atoms with Crippen molar-refractivity contribution < 1.29 is 8.78 Å². The third kappa shape index (κ3) is 3.20. The maximum Gasteiger partial charge on any atom is 0.132 e. The van der Waals surface area contributed by atoms with Gasteiger partial charge in [-0.05, 0) is 48.0 Å². The van der Waals surface area contributed by atoms with Gasteiger partial charge in [-0.2, -0.15) is 5.10 Å². The fraction of sp³-hybridized carbons (Fsp3) is 0.0952. The number of rotatable bonds is 3. The molecule has 0 aliphatic carbocycles. The Morgan fingerprint density at radius 1 is 0.885 bits per heavy atom. The van der Waals surface area contributed by atoms with E-state index in [-0.39, 0.29) is 17.7 Å². The number of anilines is 1. The highest BCUT2D eigenvalue weighted by atomic mass is 35.5. The Bertz CT molecular complexity index is 953. The van der Waals surface area contributed by atoms with Gasteiger partial charge in [-0.3, -0.25) is 5.01 Å². The highest BCUT2D eigenvalue weighted by Gasteiger charge is 2.30. The van der Waals surface area contributed by atoms with Gasteiger partial charge < -0.3 is 0 Å². The van der Waals surface area contributed by atoms with E-state index in [2.05, 4.69) is 5.10 Å². The van der Waals surface area contributed by atoms with E-state index in [4.69, 9.17) is 11.6 Å². The van der Waals surface area contributed by atoms with Crippen LogP contribution in [0.5, 0.6) is 0 Å². The van der Waals surface area contributed by atoms with Crippen molar-refractivity contribution in [2.24, 2.45) is 5.10 Å². The van der Waals surface area contributed by atoms with Gasteiger partial charge in [0.1, 0.15) is 11.6 Å². The third-order valence-corrected chi connectivity index (χ3v) is 4.69. The molecule has 0 N–H and O–H groups in total. The van der Waals surface area contributed by atoms with Gasteiger partial charge in [0.25, 0.3) is 0 Å². The van der Waals surface area contributed by atoms with Gasteiger partial charge in [-0.25, -0.2) is 8.78 Å². The summed E-state index contributed by atoms with van der Waals surface area (Å²) in [5.74, 6) is -0.595. The van der Waals surface area contributed by atoms with E-state index in [9.17, 15) is 8.78 Å². The first-order chi connectivity index (χ1) is 12.6. The van der Waals surface area contributed by atoms with Crippen LogP contribution in [0.2, 0.25) is 5.02 Å². The molecule has 0 spiro atoms. The number of hydrazone groups is 1. The van der Waals surface area contributed by atoms with Crippen LogP contribution in [0.25, 0.3) is 0 Å². The summed E-state index contributed by atoms with van der Waals surface area (Å²) < 4.78 is 27.6. The number of halogens is 3. The maximum atomic E-state index is 14.2. The van der Waals surface area contributed by atoms with Crippen LogP contribution in [-0.4, -0.2) is 5.71 Å². The Morgan fingerprint density at radius 3 is 2.27 bits per heavy atom. The minimum absolute atomic E-state index is 0.147. The first-order valence-electron chi connectivity index (χ1n) is 8.24. The molecule has 130 valence electrons. The van der Waals surface area contributed by atoms with Gasteiger partial charge in [-0.1, -0.05) is 41.9 Å². The second-order valence-corrected chi connectivity index (χ2v) is 6.56. The van der Waals surface area contributed by atoms with Crippen LogP contribution < -0.4 is 5.01 Å². The predicted molar refractivity (Wildman–Crippen MR) is 101 cm³/mol. The zero-order chi connectivity index (χ0) is 18.1. The molecule has 0 amide bonds. The van der Waals surface area contributed by atoms with Crippen molar-refractivity contribution in [2.45, 2.75) is 12.5 Å². The Labute approximate surface area is 155 Å². The molecule has 0 bridgehead atoms. The van der Waals surface area contributed by atoms with E-state index in [0.29, 0.717) is 22.7 Å². The van der Waals surface area contributed by atoms with Crippen LogP contribution in [-0.2, 0) is 0 Å². The Morgan fingerprint density at radius 2 is 1.58 bits per heavy atom. The summed E-state index contributed by atoms with van der Waals surface area (Å²) >= 11 is 5.99. The lowest BCUT2D eigenvalue weighted by molar-refractivity contribution is 0.623. The van der Waals surface area contributed by atoms with Gasteiger partial charge in [0, 0.05) is 17.0 Å². The first-order valence-corrected chi connectivity index (χ1v) is 8.62. The molecule has 0 aromatic heterocycles. The molecular formula is C21H15ClF2N2. The molecule has 4 rings (SSSR count). The summed E-state index contributed by atoms with van der Waals surface area (Å²) in [7, 11) is 0. The molecule has 0 saturated heterocycles.